The number of aromatic amines is 1. The van der Waals surface area contributed by atoms with Gasteiger partial charge in [-0.3, -0.25) is 14.9 Å². The first-order valence-electron chi connectivity index (χ1n) is 5.28. The number of nitrogens with one attached hydrogen (secondary N) is 1. The standard InChI is InChI=1S/C11H10N4O3S/c12-10-7(2-1-3-8(10)15(17)18)6-19-11-13-5-4-9(16)14-11/h1-5H,6,12H2,(H,13,14,16). The summed E-state index contributed by atoms with van der Waals surface area (Å²) in [5.74, 6) is 0.389. The molecule has 0 atom stereocenters. The molecule has 1 aromatic carbocycles. The van der Waals surface area contributed by atoms with Gasteiger partial charge in [0.05, 0.1) is 4.92 Å². The predicted molar refractivity (Wildman–Crippen MR) is 71.9 cm³/mol. The van der Waals surface area contributed by atoms with E-state index in [4.69, 9.17) is 5.73 Å². The van der Waals surface area contributed by atoms with Crippen LogP contribution in [0.15, 0.2) is 40.4 Å². The number of nitrogens with two attached hydrogens (primary N) is 1. The lowest BCUT2D eigenvalue weighted by Crippen LogP contribution is -2.05. The van der Waals surface area contributed by atoms with Crippen LogP contribution in [0.4, 0.5) is 11.4 Å². The Morgan fingerprint density at radius 2 is 2.21 bits per heavy atom. The lowest BCUT2D eigenvalue weighted by molar-refractivity contribution is -0.383. The molecule has 0 saturated heterocycles. The fourth-order valence-corrected chi connectivity index (χ4v) is 2.31. The van der Waals surface area contributed by atoms with Crippen molar-refractivity contribution >= 4 is 23.1 Å². The molecule has 0 amide bonds. The molecular weight excluding hydrogens is 268 g/mol. The minimum Gasteiger partial charge on any atom is -0.393 e. The lowest BCUT2D eigenvalue weighted by Gasteiger charge is -2.05. The SMILES string of the molecule is Nc1c(CSc2nccc(=O)[nH]2)cccc1[N+](=O)[O-]. The van der Waals surface area contributed by atoms with Gasteiger partial charge in [-0.05, 0) is 5.56 Å². The van der Waals surface area contributed by atoms with Crippen molar-refractivity contribution in [2.45, 2.75) is 10.9 Å². The second-order valence-electron chi connectivity index (χ2n) is 3.63. The molecule has 0 spiro atoms. The van der Waals surface area contributed by atoms with Crippen molar-refractivity contribution < 1.29 is 4.92 Å². The number of benzene rings is 1. The van der Waals surface area contributed by atoms with Gasteiger partial charge in [-0.2, -0.15) is 0 Å². The van der Waals surface area contributed by atoms with Crippen LogP contribution in [0, 0.1) is 10.1 Å². The summed E-state index contributed by atoms with van der Waals surface area (Å²) in [5, 5.41) is 11.2. The van der Waals surface area contributed by atoms with E-state index in [1.807, 2.05) is 0 Å². The number of nitro benzene ring substituents is 1. The van der Waals surface area contributed by atoms with Gasteiger partial charge >= 0.3 is 0 Å². The average Bonchev–Trinajstić information content (AvgIpc) is 2.37. The summed E-state index contributed by atoms with van der Waals surface area (Å²) in [6.45, 7) is 0. The molecule has 0 aliphatic rings. The zero-order valence-electron chi connectivity index (χ0n) is 9.70. The van der Waals surface area contributed by atoms with Crippen LogP contribution in [-0.2, 0) is 5.75 Å². The van der Waals surface area contributed by atoms with Crippen molar-refractivity contribution in [3.05, 3.63) is 56.5 Å². The highest BCUT2D eigenvalue weighted by molar-refractivity contribution is 7.98. The summed E-state index contributed by atoms with van der Waals surface area (Å²) in [7, 11) is 0. The van der Waals surface area contributed by atoms with Crippen molar-refractivity contribution in [3.8, 4) is 0 Å². The smallest absolute Gasteiger partial charge is 0.292 e. The first-order chi connectivity index (χ1) is 9.08. The fourth-order valence-electron chi connectivity index (χ4n) is 1.46. The normalized spacial score (nSPS) is 10.3. The summed E-state index contributed by atoms with van der Waals surface area (Å²) in [6, 6.07) is 5.94. The Balaban J connectivity index is 2.18. The summed E-state index contributed by atoms with van der Waals surface area (Å²) in [4.78, 5) is 27.8. The number of hydrogen-bond donors (Lipinski definition) is 2. The van der Waals surface area contributed by atoms with Crippen LogP contribution in [-0.4, -0.2) is 14.9 Å². The molecule has 3 N–H and O–H groups in total. The highest BCUT2D eigenvalue weighted by Crippen LogP contribution is 2.29. The topological polar surface area (TPSA) is 115 Å². The third kappa shape index (κ3) is 3.10. The van der Waals surface area contributed by atoms with Gasteiger partial charge in [-0.15, -0.1) is 0 Å². The van der Waals surface area contributed by atoms with Gasteiger partial charge in [-0.1, -0.05) is 23.9 Å². The number of anilines is 1. The zero-order chi connectivity index (χ0) is 13.8. The van der Waals surface area contributed by atoms with Crippen LogP contribution in [0.2, 0.25) is 0 Å². The van der Waals surface area contributed by atoms with Crippen LogP contribution in [0.25, 0.3) is 0 Å². The number of nitrogen functional groups attached to an aromatic ring is 1. The number of nitro groups is 1. The van der Waals surface area contributed by atoms with E-state index < -0.39 is 4.92 Å². The molecule has 2 aromatic rings. The first-order valence-corrected chi connectivity index (χ1v) is 6.26. The predicted octanol–water partition coefficient (Wildman–Crippen LogP) is 1.55. The first kappa shape index (κ1) is 13.1. The Labute approximate surface area is 112 Å². The molecule has 0 saturated carbocycles. The minimum atomic E-state index is -0.522. The molecule has 1 heterocycles. The highest BCUT2D eigenvalue weighted by Gasteiger charge is 2.14. The van der Waals surface area contributed by atoms with Crippen molar-refractivity contribution in [1.29, 1.82) is 0 Å². The Hall–Kier alpha value is -2.35. The average molecular weight is 278 g/mol. The van der Waals surface area contributed by atoms with Crippen LogP contribution >= 0.6 is 11.8 Å². The van der Waals surface area contributed by atoms with E-state index in [9.17, 15) is 14.9 Å². The van der Waals surface area contributed by atoms with Gasteiger partial charge in [0.1, 0.15) is 5.69 Å². The van der Waals surface area contributed by atoms with Crippen molar-refractivity contribution in [2.24, 2.45) is 0 Å². The third-order valence-corrected chi connectivity index (χ3v) is 3.32. The molecule has 0 fully saturated rings. The highest BCUT2D eigenvalue weighted by atomic mass is 32.2. The molecule has 8 heteroatoms. The Bertz CT molecular complexity index is 671. The molecule has 0 aliphatic heterocycles. The maximum Gasteiger partial charge on any atom is 0.292 e. The van der Waals surface area contributed by atoms with E-state index in [0.717, 1.165) is 0 Å². The van der Waals surface area contributed by atoms with Crippen molar-refractivity contribution in [3.63, 3.8) is 0 Å². The molecule has 98 valence electrons. The Morgan fingerprint density at radius 3 is 2.89 bits per heavy atom. The van der Waals surface area contributed by atoms with E-state index in [2.05, 4.69) is 9.97 Å². The third-order valence-electron chi connectivity index (χ3n) is 2.38. The number of H-pyrrole nitrogens is 1. The number of para-hydroxylation sites is 1. The second kappa shape index (κ2) is 5.53. The van der Waals surface area contributed by atoms with Gasteiger partial charge < -0.3 is 10.7 Å². The van der Waals surface area contributed by atoms with Crippen LogP contribution < -0.4 is 11.3 Å². The van der Waals surface area contributed by atoms with Crippen LogP contribution in [0.3, 0.4) is 0 Å². The van der Waals surface area contributed by atoms with E-state index in [-0.39, 0.29) is 16.9 Å². The van der Waals surface area contributed by atoms with E-state index in [1.54, 1.807) is 12.1 Å². The molecule has 0 bridgehead atoms. The van der Waals surface area contributed by atoms with E-state index >= 15 is 0 Å². The Kier molecular flexibility index (Phi) is 3.81. The van der Waals surface area contributed by atoms with Gasteiger partial charge in [0.2, 0.25) is 0 Å². The van der Waals surface area contributed by atoms with Crippen LogP contribution in [0.5, 0.6) is 0 Å². The fraction of sp³-hybridized carbons (Fsp3) is 0.0909. The van der Waals surface area contributed by atoms with Crippen molar-refractivity contribution in [2.75, 3.05) is 5.73 Å². The molecule has 0 aliphatic carbocycles. The number of aromatic nitrogens is 2. The monoisotopic (exact) mass is 278 g/mol. The summed E-state index contributed by atoms with van der Waals surface area (Å²) >= 11 is 1.25. The molecule has 0 radical (unpaired) electrons. The van der Waals surface area contributed by atoms with Gasteiger partial charge in [0.15, 0.2) is 5.16 Å². The molecular formula is C11H10N4O3S. The molecule has 2 rings (SSSR count). The molecule has 1 aromatic heterocycles. The molecule has 19 heavy (non-hydrogen) atoms. The van der Waals surface area contributed by atoms with E-state index in [0.29, 0.717) is 16.5 Å². The second-order valence-corrected chi connectivity index (χ2v) is 4.60. The Morgan fingerprint density at radius 1 is 1.42 bits per heavy atom. The summed E-state index contributed by atoms with van der Waals surface area (Å²) in [6.07, 6.45) is 1.40. The van der Waals surface area contributed by atoms with Crippen LogP contribution in [0.1, 0.15) is 5.56 Å². The molecule has 0 unspecified atom stereocenters. The summed E-state index contributed by atoms with van der Waals surface area (Å²) in [5.41, 5.74) is 6.13. The van der Waals surface area contributed by atoms with Gasteiger partial charge in [0.25, 0.3) is 11.2 Å². The number of rotatable bonds is 4. The minimum absolute atomic E-state index is 0.118. The molecule has 7 nitrogen and oxygen atoms in total. The lowest BCUT2D eigenvalue weighted by atomic mass is 10.2. The van der Waals surface area contributed by atoms with Gasteiger partial charge in [-0.25, -0.2) is 4.98 Å². The van der Waals surface area contributed by atoms with E-state index in [1.165, 1.54) is 30.1 Å². The van der Waals surface area contributed by atoms with Crippen molar-refractivity contribution in [1.82, 2.24) is 9.97 Å². The number of thioether (sulfide) groups is 1. The quantitative estimate of drug-likeness (QED) is 0.288. The summed E-state index contributed by atoms with van der Waals surface area (Å²) < 4.78 is 0. The number of nitrogens with zero attached hydrogens (tertiary/aromatic N) is 2. The number of hydrogen-bond acceptors (Lipinski definition) is 6. The zero-order valence-corrected chi connectivity index (χ0v) is 10.5. The maximum atomic E-state index is 11.1. The maximum absolute atomic E-state index is 11.1. The van der Waals surface area contributed by atoms with Gasteiger partial charge in [0, 0.05) is 24.1 Å². The largest absolute Gasteiger partial charge is 0.393 e.